The monoisotopic (exact) mass is 266 g/mol. The van der Waals surface area contributed by atoms with Crippen molar-refractivity contribution in [3.05, 3.63) is 34.2 Å². The Morgan fingerprint density at radius 1 is 1.42 bits per heavy atom. The Hall–Kier alpha value is -2.11. The zero-order chi connectivity index (χ0) is 14.4. The average Bonchev–Trinajstić information content (AvgIpc) is 2.37. The number of amides is 1. The molecule has 1 heterocycles. The highest BCUT2D eigenvalue weighted by atomic mass is 16.4. The lowest BCUT2D eigenvalue weighted by Crippen LogP contribution is -2.42. The molecular formula is C13H18N2O4. The first-order chi connectivity index (χ1) is 8.97. The summed E-state index contributed by atoms with van der Waals surface area (Å²) in [4.78, 5) is 34.4. The van der Waals surface area contributed by atoms with Crippen molar-refractivity contribution in [2.75, 3.05) is 0 Å². The molecule has 6 nitrogen and oxygen atoms in total. The molecule has 0 spiro atoms. The molecule has 0 aromatic carbocycles. The van der Waals surface area contributed by atoms with Gasteiger partial charge in [0.15, 0.2) is 0 Å². The van der Waals surface area contributed by atoms with Gasteiger partial charge in [-0.1, -0.05) is 25.8 Å². The van der Waals surface area contributed by atoms with Crippen LogP contribution in [0.2, 0.25) is 0 Å². The van der Waals surface area contributed by atoms with Crippen molar-refractivity contribution < 1.29 is 14.7 Å². The number of aliphatic carboxylic acids is 1. The molecule has 0 fully saturated rings. The molecule has 1 atom stereocenters. The topological polar surface area (TPSA) is 88.4 Å². The highest BCUT2D eigenvalue weighted by Crippen LogP contribution is 2.03. The van der Waals surface area contributed by atoms with Crippen LogP contribution in [-0.2, 0) is 11.8 Å². The largest absolute Gasteiger partial charge is 0.480 e. The maximum absolute atomic E-state index is 12.0. The van der Waals surface area contributed by atoms with Crippen molar-refractivity contribution in [2.45, 2.75) is 32.2 Å². The normalized spacial score (nSPS) is 11.9. The number of hydrogen-bond acceptors (Lipinski definition) is 3. The maximum atomic E-state index is 12.0. The molecule has 1 aromatic rings. The second-order valence-corrected chi connectivity index (χ2v) is 4.31. The van der Waals surface area contributed by atoms with Crippen LogP contribution < -0.4 is 10.9 Å². The van der Waals surface area contributed by atoms with Crippen LogP contribution in [0.3, 0.4) is 0 Å². The van der Waals surface area contributed by atoms with Gasteiger partial charge in [0.05, 0.1) is 0 Å². The van der Waals surface area contributed by atoms with Crippen LogP contribution in [0, 0.1) is 0 Å². The molecule has 0 aliphatic heterocycles. The molecule has 0 aliphatic rings. The fourth-order valence-corrected chi connectivity index (χ4v) is 1.69. The molecule has 104 valence electrons. The SMILES string of the molecule is CCCC[C@H](NC(=O)c1cccc(=O)n1C)C(=O)O. The Kier molecular flexibility index (Phi) is 5.29. The Labute approximate surface area is 111 Å². The number of carbonyl (C=O) groups is 2. The second kappa shape index (κ2) is 6.72. The smallest absolute Gasteiger partial charge is 0.326 e. The maximum Gasteiger partial charge on any atom is 0.326 e. The lowest BCUT2D eigenvalue weighted by Gasteiger charge is -2.15. The van der Waals surface area contributed by atoms with E-state index in [0.29, 0.717) is 12.8 Å². The van der Waals surface area contributed by atoms with E-state index < -0.39 is 17.9 Å². The zero-order valence-corrected chi connectivity index (χ0v) is 11.0. The van der Waals surface area contributed by atoms with Gasteiger partial charge in [-0.3, -0.25) is 9.59 Å². The summed E-state index contributed by atoms with van der Waals surface area (Å²) >= 11 is 0. The van der Waals surface area contributed by atoms with E-state index in [9.17, 15) is 14.4 Å². The van der Waals surface area contributed by atoms with Gasteiger partial charge >= 0.3 is 5.97 Å². The predicted octanol–water partition coefficient (Wildman–Crippen LogP) is 0.758. The minimum absolute atomic E-state index is 0.148. The van der Waals surface area contributed by atoms with Crippen molar-refractivity contribution in [1.82, 2.24) is 9.88 Å². The third-order valence-corrected chi connectivity index (χ3v) is 2.87. The highest BCUT2D eigenvalue weighted by Gasteiger charge is 2.21. The van der Waals surface area contributed by atoms with Gasteiger partial charge in [0, 0.05) is 13.1 Å². The number of pyridine rings is 1. The minimum Gasteiger partial charge on any atom is -0.480 e. The van der Waals surface area contributed by atoms with Gasteiger partial charge in [-0.2, -0.15) is 0 Å². The average molecular weight is 266 g/mol. The van der Waals surface area contributed by atoms with Crippen LogP contribution in [0.25, 0.3) is 0 Å². The molecule has 6 heteroatoms. The van der Waals surface area contributed by atoms with E-state index in [1.165, 1.54) is 29.8 Å². The van der Waals surface area contributed by atoms with Crippen LogP contribution in [-0.4, -0.2) is 27.6 Å². The van der Waals surface area contributed by atoms with Crippen LogP contribution in [0.1, 0.15) is 36.7 Å². The molecule has 0 aliphatic carbocycles. The summed E-state index contributed by atoms with van der Waals surface area (Å²) in [6, 6.07) is 3.36. The standard InChI is InChI=1S/C13H18N2O4/c1-3-4-6-9(13(18)19)14-12(17)10-7-5-8-11(16)15(10)2/h5,7-9H,3-4,6H2,1-2H3,(H,14,17)(H,18,19)/t9-/m0/s1. The van der Waals surface area contributed by atoms with Gasteiger partial charge < -0.3 is 15.0 Å². The summed E-state index contributed by atoms with van der Waals surface area (Å²) in [5.74, 6) is -1.62. The van der Waals surface area contributed by atoms with Gasteiger partial charge in [-0.25, -0.2) is 4.79 Å². The lowest BCUT2D eigenvalue weighted by molar-refractivity contribution is -0.139. The Morgan fingerprint density at radius 2 is 2.11 bits per heavy atom. The van der Waals surface area contributed by atoms with Crippen LogP contribution in [0.4, 0.5) is 0 Å². The fraction of sp³-hybridized carbons (Fsp3) is 0.462. The van der Waals surface area contributed by atoms with E-state index >= 15 is 0 Å². The Morgan fingerprint density at radius 3 is 2.68 bits per heavy atom. The number of hydrogen-bond donors (Lipinski definition) is 2. The molecular weight excluding hydrogens is 248 g/mol. The van der Waals surface area contributed by atoms with E-state index in [2.05, 4.69) is 5.32 Å². The number of nitrogens with one attached hydrogen (secondary N) is 1. The number of aromatic nitrogens is 1. The lowest BCUT2D eigenvalue weighted by atomic mass is 10.1. The molecule has 0 saturated carbocycles. The van der Waals surface area contributed by atoms with E-state index in [1.54, 1.807) is 0 Å². The number of carbonyl (C=O) groups excluding carboxylic acids is 1. The summed E-state index contributed by atoms with van der Waals surface area (Å²) in [5.41, 5.74) is -0.164. The summed E-state index contributed by atoms with van der Waals surface area (Å²) in [5, 5.41) is 11.5. The molecule has 1 aromatic heterocycles. The van der Waals surface area contributed by atoms with Crippen molar-refractivity contribution >= 4 is 11.9 Å². The third-order valence-electron chi connectivity index (χ3n) is 2.87. The molecule has 0 bridgehead atoms. The first-order valence-electron chi connectivity index (χ1n) is 6.17. The zero-order valence-electron chi connectivity index (χ0n) is 11.0. The Balaban J connectivity index is 2.85. The van der Waals surface area contributed by atoms with E-state index in [4.69, 9.17) is 5.11 Å². The third kappa shape index (κ3) is 3.94. The van der Waals surface area contributed by atoms with Crippen LogP contribution in [0.15, 0.2) is 23.0 Å². The van der Waals surface area contributed by atoms with Crippen molar-refractivity contribution in [2.24, 2.45) is 7.05 Å². The fourth-order valence-electron chi connectivity index (χ4n) is 1.69. The van der Waals surface area contributed by atoms with E-state index in [-0.39, 0.29) is 11.3 Å². The van der Waals surface area contributed by atoms with Gasteiger partial charge in [-0.05, 0) is 12.5 Å². The quantitative estimate of drug-likeness (QED) is 0.795. The summed E-state index contributed by atoms with van der Waals surface area (Å²) in [6.45, 7) is 1.95. The first kappa shape index (κ1) is 14.9. The van der Waals surface area contributed by atoms with Crippen LogP contribution in [0.5, 0.6) is 0 Å². The molecule has 2 N–H and O–H groups in total. The van der Waals surface area contributed by atoms with Crippen LogP contribution >= 0.6 is 0 Å². The molecule has 1 amide bonds. The molecule has 19 heavy (non-hydrogen) atoms. The van der Waals surface area contributed by atoms with E-state index in [0.717, 1.165) is 6.42 Å². The number of carboxylic acids is 1. The van der Waals surface area contributed by atoms with Crippen molar-refractivity contribution in [3.63, 3.8) is 0 Å². The first-order valence-corrected chi connectivity index (χ1v) is 6.17. The number of rotatable bonds is 6. The van der Waals surface area contributed by atoms with Crippen molar-refractivity contribution in [1.29, 1.82) is 0 Å². The van der Waals surface area contributed by atoms with E-state index in [1.807, 2.05) is 6.92 Å². The van der Waals surface area contributed by atoms with Crippen molar-refractivity contribution in [3.8, 4) is 0 Å². The number of unbranched alkanes of at least 4 members (excludes halogenated alkanes) is 1. The summed E-state index contributed by atoms with van der Waals surface area (Å²) in [6.07, 6.45) is 1.94. The molecule has 1 rings (SSSR count). The summed E-state index contributed by atoms with van der Waals surface area (Å²) < 4.78 is 1.19. The molecule has 0 saturated heterocycles. The summed E-state index contributed by atoms with van der Waals surface area (Å²) in [7, 11) is 1.47. The van der Waals surface area contributed by atoms with Gasteiger partial charge in [-0.15, -0.1) is 0 Å². The highest BCUT2D eigenvalue weighted by molar-refractivity contribution is 5.95. The van der Waals surface area contributed by atoms with Gasteiger partial charge in [0.2, 0.25) is 0 Å². The predicted molar refractivity (Wildman–Crippen MR) is 70.1 cm³/mol. The second-order valence-electron chi connectivity index (χ2n) is 4.31. The number of carboxylic acid groups (broad SMARTS) is 1. The minimum atomic E-state index is -1.07. The molecule has 0 unspecified atom stereocenters. The van der Waals surface area contributed by atoms with Gasteiger partial charge in [0.25, 0.3) is 11.5 Å². The Bertz CT molecular complexity index is 522. The molecule has 0 radical (unpaired) electrons. The van der Waals surface area contributed by atoms with Gasteiger partial charge in [0.1, 0.15) is 11.7 Å². The number of nitrogens with zero attached hydrogens (tertiary/aromatic N) is 1.